The van der Waals surface area contributed by atoms with Gasteiger partial charge in [-0.15, -0.1) is 0 Å². The van der Waals surface area contributed by atoms with E-state index in [4.69, 9.17) is 9.47 Å². The van der Waals surface area contributed by atoms with Crippen molar-refractivity contribution in [2.45, 2.75) is 27.7 Å². The Hall–Kier alpha value is -2.49. The number of carbonyl (C=O) groups excluding carboxylic acids is 1. The second-order valence-electron chi connectivity index (χ2n) is 5.82. The first-order chi connectivity index (χ1) is 11.4. The van der Waals surface area contributed by atoms with Gasteiger partial charge in [-0.3, -0.25) is 0 Å². The number of nitrogens with zero attached hydrogens (tertiary/aromatic N) is 1. The Morgan fingerprint density at radius 3 is 2.38 bits per heavy atom. The maximum absolute atomic E-state index is 12.2. The van der Waals surface area contributed by atoms with E-state index in [-0.39, 0.29) is 0 Å². The molecular formula is C20H25NO3. The third-order valence-corrected chi connectivity index (χ3v) is 4.05. The fourth-order valence-electron chi connectivity index (χ4n) is 2.72. The Morgan fingerprint density at radius 2 is 1.83 bits per heavy atom. The Morgan fingerprint density at radius 1 is 1.17 bits per heavy atom. The SMILES string of the molecule is C=C(C)C(=O)Oc1c(N(CC)CC)cc(OC)c2cc(C)ccc12. The molecule has 0 saturated heterocycles. The number of rotatable bonds is 6. The van der Waals surface area contributed by atoms with Crippen molar-refractivity contribution in [2.24, 2.45) is 0 Å². The van der Waals surface area contributed by atoms with Crippen LogP contribution in [-0.2, 0) is 4.79 Å². The summed E-state index contributed by atoms with van der Waals surface area (Å²) in [6.07, 6.45) is 0. The molecule has 24 heavy (non-hydrogen) atoms. The fraction of sp³-hybridized carbons (Fsp3) is 0.350. The van der Waals surface area contributed by atoms with E-state index in [2.05, 4.69) is 25.3 Å². The Balaban J connectivity index is 2.79. The van der Waals surface area contributed by atoms with Crippen LogP contribution in [0.15, 0.2) is 36.4 Å². The normalized spacial score (nSPS) is 10.5. The molecule has 0 atom stereocenters. The highest BCUT2D eigenvalue weighted by atomic mass is 16.5. The van der Waals surface area contributed by atoms with Crippen molar-refractivity contribution in [1.82, 2.24) is 0 Å². The van der Waals surface area contributed by atoms with Crippen LogP contribution >= 0.6 is 0 Å². The highest BCUT2D eigenvalue weighted by Crippen LogP contribution is 2.42. The van der Waals surface area contributed by atoms with Crippen molar-refractivity contribution in [3.8, 4) is 11.5 Å². The summed E-state index contributed by atoms with van der Waals surface area (Å²) in [5.41, 5.74) is 2.34. The van der Waals surface area contributed by atoms with Gasteiger partial charge in [-0.05, 0) is 33.8 Å². The number of methoxy groups -OCH3 is 1. The number of esters is 1. The van der Waals surface area contributed by atoms with Crippen molar-refractivity contribution in [3.05, 3.63) is 42.0 Å². The van der Waals surface area contributed by atoms with Gasteiger partial charge in [0.05, 0.1) is 12.8 Å². The second kappa shape index (κ2) is 7.39. The molecular weight excluding hydrogens is 302 g/mol. The van der Waals surface area contributed by atoms with Gasteiger partial charge >= 0.3 is 5.97 Å². The van der Waals surface area contributed by atoms with Crippen molar-refractivity contribution in [2.75, 3.05) is 25.1 Å². The van der Waals surface area contributed by atoms with Gasteiger partial charge < -0.3 is 14.4 Å². The summed E-state index contributed by atoms with van der Waals surface area (Å²) in [4.78, 5) is 14.3. The molecule has 2 aromatic carbocycles. The molecule has 0 aliphatic rings. The monoisotopic (exact) mass is 327 g/mol. The summed E-state index contributed by atoms with van der Waals surface area (Å²) < 4.78 is 11.3. The number of hydrogen-bond donors (Lipinski definition) is 0. The van der Waals surface area contributed by atoms with E-state index < -0.39 is 5.97 Å². The molecule has 2 aromatic rings. The summed E-state index contributed by atoms with van der Waals surface area (Å²) in [6, 6.07) is 7.96. The molecule has 0 amide bonds. The molecule has 4 nitrogen and oxygen atoms in total. The number of ether oxygens (including phenoxy) is 2. The molecule has 0 N–H and O–H groups in total. The van der Waals surface area contributed by atoms with Crippen LogP contribution in [0.1, 0.15) is 26.3 Å². The van der Waals surface area contributed by atoms with Crippen LogP contribution in [0.2, 0.25) is 0 Å². The minimum absolute atomic E-state index is 0.372. The van der Waals surface area contributed by atoms with Crippen LogP contribution in [0.5, 0.6) is 11.5 Å². The number of carbonyl (C=O) groups is 1. The number of anilines is 1. The van der Waals surface area contributed by atoms with E-state index in [1.54, 1.807) is 14.0 Å². The van der Waals surface area contributed by atoms with Crippen molar-refractivity contribution in [3.63, 3.8) is 0 Å². The number of aryl methyl sites for hydroxylation is 1. The van der Waals surface area contributed by atoms with E-state index in [1.807, 2.05) is 31.2 Å². The first kappa shape index (κ1) is 17.9. The molecule has 0 heterocycles. The van der Waals surface area contributed by atoms with Gasteiger partial charge in [0.1, 0.15) is 5.75 Å². The first-order valence-corrected chi connectivity index (χ1v) is 8.16. The molecule has 0 fully saturated rings. The predicted octanol–water partition coefficient (Wildman–Crippen LogP) is 4.48. The standard InChI is InChI=1S/C20H25NO3/c1-7-21(8-2)17-12-18(23-6)16-11-14(5)9-10-15(16)19(17)24-20(22)13(3)4/h9-12H,3,7-8H2,1-2,4-6H3. The van der Waals surface area contributed by atoms with Crippen LogP contribution < -0.4 is 14.4 Å². The molecule has 128 valence electrons. The summed E-state index contributed by atoms with van der Waals surface area (Å²) in [7, 11) is 1.66. The van der Waals surface area contributed by atoms with E-state index in [1.165, 1.54) is 0 Å². The molecule has 4 heteroatoms. The highest BCUT2D eigenvalue weighted by molar-refractivity contribution is 6.01. The topological polar surface area (TPSA) is 38.8 Å². The van der Waals surface area contributed by atoms with Gasteiger partial charge in [-0.25, -0.2) is 4.79 Å². The Bertz CT molecular complexity index is 776. The van der Waals surface area contributed by atoms with Gasteiger partial charge in [-0.2, -0.15) is 0 Å². The fourth-order valence-corrected chi connectivity index (χ4v) is 2.72. The second-order valence-corrected chi connectivity index (χ2v) is 5.82. The quantitative estimate of drug-likeness (QED) is 0.445. The maximum atomic E-state index is 12.2. The van der Waals surface area contributed by atoms with Gasteiger partial charge in [0.2, 0.25) is 0 Å². The Labute approximate surface area is 143 Å². The third-order valence-electron chi connectivity index (χ3n) is 4.05. The van der Waals surface area contributed by atoms with Gasteiger partial charge in [-0.1, -0.05) is 24.3 Å². The first-order valence-electron chi connectivity index (χ1n) is 8.16. The van der Waals surface area contributed by atoms with Crippen LogP contribution in [-0.4, -0.2) is 26.2 Å². The zero-order chi connectivity index (χ0) is 17.9. The largest absolute Gasteiger partial charge is 0.496 e. The molecule has 0 unspecified atom stereocenters. The molecule has 0 spiro atoms. The molecule has 2 rings (SSSR count). The minimum atomic E-state index is -0.421. The lowest BCUT2D eigenvalue weighted by Gasteiger charge is -2.25. The van der Waals surface area contributed by atoms with Gasteiger partial charge in [0, 0.05) is 35.5 Å². The van der Waals surface area contributed by atoms with E-state index in [0.29, 0.717) is 11.3 Å². The average Bonchev–Trinajstić information content (AvgIpc) is 2.56. The number of benzene rings is 2. The predicted molar refractivity (Wildman–Crippen MR) is 99.2 cm³/mol. The van der Waals surface area contributed by atoms with Crippen molar-refractivity contribution in [1.29, 1.82) is 0 Å². The highest BCUT2D eigenvalue weighted by Gasteiger charge is 2.20. The lowest BCUT2D eigenvalue weighted by atomic mass is 10.0. The lowest BCUT2D eigenvalue weighted by Crippen LogP contribution is -2.23. The summed E-state index contributed by atoms with van der Waals surface area (Å²) in [5.74, 6) is 0.906. The van der Waals surface area contributed by atoms with Crippen LogP contribution in [0, 0.1) is 6.92 Å². The summed E-state index contributed by atoms with van der Waals surface area (Å²) in [6.45, 7) is 13.1. The summed E-state index contributed by atoms with van der Waals surface area (Å²) >= 11 is 0. The van der Waals surface area contributed by atoms with Gasteiger partial charge in [0.15, 0.2) is 5.75 Å². The average molecular weight is 327 g/mol. The lowest BCUT2D eigenvalue weighted by molar-refractivity contribution is -0.129. The van der Waals surface area contributed by atoms with E-state index in [9.17, 15) is 4.79 Å². The smallest absolute Gasteiger partial charge is 0.338 e. The van der Waals surface area contributed by atoms with Crippen LogP contribution in [0.4, 0.5) is 5.69 Å². The number of hydrogen-bond acceptors (Lipinski definition) is 4. The van der Waals surface area contributed by atoms with E-state index in [0.717, 1.165) is 40.9 Å². The third kappa shape index (κ3) is 3.37. The van der Waals surface area contributed by atoms with Gasteiger partial charge in [0.25, 0.3) is 0 Å². The molecule has 0 bridgehead atoms. The Kier molecular flexibility index (Phi) is 5.50. The molecule has 0 aliphatic heterocycles. The van der Waals surface area contributed by atoms with Crippen molar-refractivity contribution >= 4 is 22.4 Å². The summed E-state index contributed by atoms with van der Waals surface area (Å²) in [5, 5.41) is 1.79. The zero-order valence-corrected chi connectivity index (χ0v) is 15.1. The molecule has 0 radical (unpaired) electrons. The molecule has 0 aromatic heterocycles. The maximum Gasteiger partial charge on any atom is 0.338 e. The van der Waals surface area contributed by atoms with Crippen LogP contribution in [0.25, 0.3) is 10.8 Å². The van der Waals surface area contributed by atoms with E-state index >= 15 is 0 Å². The minimum Gasteiger partial charge on any atom is -0.496 e. The van der Waals surface area contributed by atoms with Crippen molar-refractivity contribution < 1.29 is 14.3 Å². The molecule has 0 saturated carbocycles. The van der Waals surface area contributed by atoms with Crippen LogP contribution in [0.3, 0.4) is 0 Å². The zero-order valence-electron chi connectivity index (χ0n) is 15.1. The number of fused-ring (bicyclic) bond motifs is 1. The molecule has 0 aliphatic carbocycles.